The van der Waals surface area contributed by atoms with E-state index in [1.54, 1.807) is 0 Å². The molecule has 1 atom stereocenters. The Balaban J connectivity index is 1.65. The molecule has 0 spiro atoms. The van der Waals surface area contributed by atoms with E-state index in [4.69, 9.17) is 5.73 Å². The molecule has 4 nitrogen and oxygen atoms in total. The van der Waals surface area contributed by atoms with E-state index in [2.05, 4.69) is 16.9 Å². The smallest absolute Gasteiger partial charge is 0.145 e. The van der Waals surface area contributed by atoms with Gasteiger partial charge in [-0.15, -0.1) is 0 Å². The SMILES string of the molecule is CCCC1CCCN(CCCn2ccc(N)n2)CC1. The summed E-state index contributed by atoms with van der Waals surface area (Å²) in [4.78, 5) is 2.63. The summed E-state index contributed by atoms with van der Waals surface area (Å²) in [6.07, 6.45) is 10.1. The predicted molar refractivity (Wildman–Crippen MR) is 79.9 cm³/mol. The largest absolute Gasteiger partial charge is 0.382 e. The third-order valence-corrected chi connectivity index (χ3v) is 4.16. The molecule has 1 aliphatic heterocycles. The Morgan fingerprint density at radius 1 is 1.32 bits per heavy atom. The van der Waals surface area contributed by atoms with Crippen molar-refractivity contribution in [3.63, 3.8) is 0 Å². The Labute approximate surface area is 117 Å². The van der Waals surface area contributed by atoms with E-state index in [-0.39, 0.29) is 0 Å². The molecule has 0 amide bonds. The second-order valence-electron chi connectivity index (χ2n) is 5.78. The second kappa shape index (κ2) is 7.53. The highest BCUT2D eigenvalue weighted by atomic mass is 15.3. The molecule has 1 aromatic rings. The molecule has 0 bridgehead atoms. The number of nitrogens with two attached hydrogens (primary N) is 1. The average Bonchev–Trinajstić information content (AvgIpc) is 2.67. The molecule has 19 heavy (non-hydrogen) atoms. The van der Waals surface area contributed by atoms with Gasteiger partial charge in [0.2, 0.25) is 0 Å². The van der Waals surface area contributed by atoms with Gasteiger partial charge in [0.1, 0.15) is 5.82 Å². The molecule has 2 N–H and O–H groups in total. The molecule has 108 valence electrons. The fourth-order valence-corrected chi connectivity index (χ4v) is 3.10. The van der Waals surface area contributed by atoms with E-state index in [1.807, 2.05) is 16.9 Å². The van der Waals surface area contributed by atoms with Gasteiger partial charge < -0.3 is 10.6 Å². The normalized spacial score (nSPS) is 21.4. The summed E-state index contributed by atoms with van der Waals surface area (Å²) in [5, 5.41) is 4.22. The third-order valence-electron chi connectivity index (χ3n) is 4.16. The minimum Gasteiger partial charge on any atom is -0.382 e. The van der Waals surface area contributed by atoms with Crippen molar-refractivity contribution in [1.29, 1.82) is 0 Å². The van der Waals surface area contributed by atoms with Crippen LogP contribution in [-0.4, -0.2) is 34.3 Å². The zero-order valence-corrected chi connectivity index (χ0v) is 12.2. The van der Waals surface area contributed by atoms with Crippen LogP contribution in [0.1, 0.15) is 45.4 Å². The van der Waals surface area contributed by atoms with Crippen LogP contribution >= 0.6 is 0 Å². The lowest BCUT2D eigenvalue weighted by Crippen LogP contribution is -2.26. The maximum absolute atomic E-state index is 5.62. The maximum Gasteiger partial charge on any atom is 0.145 e. The molecule has 1 aromatic heterocycles. The first-order valence-corrected chi connectivity index (χ1v) is 7.79. The van der Waals surface area contributed by atoms with E-state index in [9.17, 15) is 0 Å². The molecule has 0 aromatic carbocycles. The summed E-state index contributed by atoms with van der Waals surface area (Å²) in [6, 6.07) is 1.86. The average molecular weight is 264 g/mol. The minimum atomic E-state index is 0.622. The molecule has 0 aliphatic carbocycles. The van der Waals surface area contributed by atoms with Gasteiger partial charge in [-0.1, -0.05) is 19.8 Å². The number of hydrogen-bond donors (Lipinski definition) is 1. The predicted octanol–water partition coefficient (Wildman–Crippen LogP) is 2.76. The Morgan fingerprint density at radius 3 is 2.95 bits per heavy atom. The van der Waals surface area contributed by atoms with Gasteiger partial charge in [0.15, 0.2) is 0 Å². The third kappa shape index (κ3) is 4.86. The maximum atomic E-state index is 5.62. The van der Waals surface area contributed by atoms with Crippen LogP contribution in [0.25, 0.3) is 0 Å². The van der Waals surface area contributed by atoms with Crippen LogP contribution in [0.3, 0.4) is 0 Å². The van der Waals surface area contributed by atoms with Gasteiger partial charge >= 0.3 is 0 Å². The quantitative estimate of drug-likeness (QED) is 0.859. The molecule has 2 heterocycles. The molecule has 1 unspecified atom stereocenters. The summed E-state index contributed by atoms with van der Waals surface area (Å²) in [5.74, 6) is 1.60. The summed E-state index contributed by atoms with van der Waals surface area (Å²) >= 11 is 0. The van der Waals surface area contributed by atoms with Gasteiger partial charge in [-0.05, 0) is 57.3 Å². The van der Waals surface area contributed by atoms with E-state index in [0.717, 1.165) is 12.5 Å². The van der Waals surface area contributed by atoms with Crippen molar-refractivity contribution in [2.24, 2.45) is 5.92 Å². The fraction of sp³-hybridized carbons (Fsp3) is 0.800. The minimum absolute atomic E-state index is 0.622. The standard InChI is InChI=1S/C15H28N4/c1-2-5-14-6-3-9-18(12-7-14)10-4-11-19-13-8-15(16)17-19/h8,13-14H,2-7,9-12H2,1H3,(H2,16,17). The van der Waals surface area contributed by atoms with Crippen molar-refractivity contribution in [3.05, 3.63) is 12.3 Å². The lowest BCUT2D eigenvalue weighted by atomic mass is 9.96. The Morgan fingerprint density at radius 2 is 2.21 bits per heavy atom. The second-order valence-corrected chi connectivity index (χ2v) is 5.78. The first-order chi connectivity index (χ1) is 9.28. The molecule has 1 fully saturated rings. The number of nitrogen functional groups attached to an aromatic ring is 1. The van der Waals surface area contributed by atoms with Gasteiger partial charge in [-0.3, -0.25) is 4.68 Å². The van der Waals surface area contributed by atoms with Crippen LogP contribution < -0.4 is 5.73 Å². The molecular weight excluding hydrogens is 236 g/mol. The molecule has 4 heteroatoms. The first kappa shape index (κ1) is 14.4. The van der Waals surface area contributed by atoms with E-state index < -0.39 is 0 Å². The highest BCUT2D eigenvalue weighted by molar-refractivity contribution is 5.23. The van der Waals surface area contributed by atoms with E-state index >= 15 is 0 Å². The van der Waals surface area contributed by atoms with Gasteiger partial charge in [-0.25, -0.2) is 0 Å². The van der Waals surface area contributed by atoms with Crippen LogP contribution in [0, 0.1) is 5.92 Å². The Kier molecular flexibility index (Phi) is 5.70. The van der Waals surface area contributed by atoms with Crippen LogP contribution in [0.15, 0.2) is 12.3 Å². The summed E-state index contributed by atoms with van der Waals surface area (Å²) in [7, 11) is 0. The number of hydrogen-bond acceptors (Lipinski definition) is 3. The van der Waals surface area contributed by atoms with Gasteiger partial charge in [-0.2, -0.15) is 5.10 Å². The summed E-state index contributed by atoms with van der Waals surface area (Å²) in [5.41, 5.74) is 5.62. The van der Waals surface area contributed by atoms with Crippen molar-refractivity contribution in [2.75, 3.05) is 25.4 Å². The molecule has 0 saturated carbocycles. The molecule has 0 radical (unpaired) electrons. The Hall–Kier alpha value is -1.03. The molecule has 1 saturated heterocycles. The van der Waals surface area contributed by atoms with Crippen molar-refractivity contribution >= 4 is 5.82 Å². The number of rotatable bonds is 6. The lowest BCUT2D eigenvalue weighted by molar-refractivity contribution is 0.269. The topological polar surface area (TPSA) is 47.1 Å². The van der Waals surface area contributed by atoms with Crippen molar-refractivity contribution < 1.29 is 0 Å². The van der Waals surface area contributed by atoms with Crippen molar-refractivity contribution in [1.82, 2.24) is 14.7 Å². The van der Waals surface area contributed by atoms with Crippen LogP contribution in [0.2, 0.25) is 0 Å². The molecule has 2 rings (SSSR count). The lowest BCUT2D eigenvalue weighted by Gasteiger charge is -2.20. The number of aryl methyl sites for hydroxylation is 1. The highest BCUT2D eigenvalue weighted by Gasteiger charge is 2.15. The number of likely N-dealkylation sites (tertiary alicyclic amines) is 1. The molecular formula is C15H28N4. The van der Waals surface area contributed by atoms with E-state index in [1.165, 1.54) is 58.2 Å². The highest BCUT2D eigenvalue weighted by Crippen LogP contribution is 2.21. The van der Waals surface area contributed by atoms with Gasteiger partial charge in [0.25, 0.3) is 0 Å². The van der Waals surface area contributed by atoms with Crippen LogP contribution in [0.4, 0.5) is 5.82 Å². The zero-order chi connectivity index (χ0) is 13.5. The zero-order valence-electron chi connectivity index (χ0n) is 12.2. The van der Waals surface area contributed by atoms with Crippen LogP contribution in [-0.2, 0) is 6.54 Å². The van der Waals surface area contributed by atoms with Crippen molar-refractivity contribution in [2.45, 2.75) is 52.0 Å². The summed E-state index contributed by atoms with van der Waals surface area (Å²) < 4.78 is 1.95. The number of nitrogens with zero attached hydrogens (tertiary/aromatic N) is 3. The van der Waals surface area contributed by atoms with Gasteiger partial charge in [0.05, 0.1) is 0 Å². The summed E-state index contributed by atoms with van der Waals surface area (Å²) in [6.45, 7) is 7.04. The van der Waals surface area contributed by atoms with Gasteiger partial charge in [0, 0.05) is 12.7 Å². The van der Waals surface area contributed by atoms with E-state index in [0.29, 0.717) is 5.82 Å². The fourth-order valence-electron chi connectivity index (χ4n) is 3.10. The van der Waals surface area contributed by atoms with Crippen LogP contribution in [0.5, 0.6) is 0 Å². The number of aromatic nitrogens is 2. The number of anilines is 1. The van der Waals surface area contributed by atoms with Crippen molar-refractivity contribution in [3.8, 4) is 0 Å². The Bertz CT molecular complexity index is 361. The molecule has 1 aliphatic rings. The monoisotopic (exact) mass is 264 g/mol. The first-order valence-electron chi connectivity index (χ1n) is 7.79.